The number of hydrogen-bond acceptors (Lipinski definition) is 3. The number of nitrogens with zero attached hydrogens (tertiary/aromatic N) is 2. The van der Waals surface area contributed by atoms with Gasteiger partial charge in [0.15, 0.2) is 6.10 Å². The van der Waals surface area contributed by atoms with Crippen LogP contribution in [0, 0.1) is 6.92 Å². The van der Waals surface area contributed by atoms with E-state index in [0.717, 1.165) is 22.6 Å². The summed E-state index contributed by atoms with van der Waals surface area (Å²) >= 11 is 0. The van der Waals surface area contributed by atoms with Crippen molar-refractivity contribution in [1.29, 1.82) is 0 Å². The number of amides is 1. The second kappa shape index (κ2) is 8.74. The molecule has 2 aromatic carbocycles. The molecule has 0 radical (unpaired) electrons. The fraction of sp³-hybridized carbons (Fsp3) is 0.304. The summed E-state index contributed by atoms with van der Waals surface area (Å²) in [7, 11) is 0. The van der Waals surface area contributed by atoms with Crippen LogP contribution in [0.5, 0.6) is 5.75 Å². The van der Waals surface area contributed by atoms with Gasteiger partial charge in [0, 0.05) is 30.5 Å². The molecular formula is C23H27N3O2. The number of ether oxygens (including phenoxy) is 1. The van der Waals surface area contributed by atoms with Gasteiger partial charge in [-0.05, 0) is 43.7 Å². The second-order valence-corrected chi connectivity index (χ2v) is 7.33. The van der Waals surface area contributed by atoms with Crippen molar-refractivity contribution in [3.05, 3.63) is 77.9 Å². The number of benzene rings is 2. The van der Waals surface area contributed by atoms with Crippen LogP contribution < -0.4 is 10.1 Å². The molecule has 146 valence electrons. The molecule has 5 heteroatoms. The van der Waals surface area contributed by atoms with E-state index in [4.69, 9.17) is 4.74 Å². The largest absolute Gasteiger partial charge is 0.481 e. The molecule has 0 aliphatic heterocycles. The smallest absolute Gasteiger partial charge is 0.265 e. The fourth-order valence-electron chi connectivity index (χ4n) is 3.02. The molecular weight excluding hydrogens is 350 g/mol. The summed E-state index contributed by atoms with van der Waals surface area (Å²) in [5.74, 6) is 1.92. The lowest BCUT2D eigenvalue weighted by molar-refractivity contribution is -0.122. The molecule has 0 fully saturated rings. The number of anilines is 1. The first kappa shape index (κ1) is 19.7. The van der Waals surface area contributed by atoms with E-state index in [2.05, 4.69) is 28.7 Å². The van der Waals surface area contributed by atoms with Crippen LogP contribution >= 0.6 is 0 Å². The Balaban J connectivity index is 1.64. The van der Waals surface area contributed by atoms with Gasteiger partial charge in [0.1, 0.15) is 11.6 Å². The van der Waals surface area contributed by atoms with Crippen molar-refractivity contribution in [3.8, 4) is 5.75 Å². The van der Waals surface area contributed by atoms with Gasteiger partial charge in [-0.3, -0.25) is 4.79 Å². The van der Waals surface area contributed by atoms with Crippen LogP contribution in [0.3, 0.4) is 0 Å². The Bertz CT molecular complexity index is 929. The normalized spacial score (nSPS) is 12.0. The second-order valence-electron chi connectivity index (χ2n) is 7.33. The molecule has 1 heterocycles. The maximum atomic E-state index is 12.5. The highest BCUT2D eigenvalue weighted by atomic mass is 16.5. The van der Waals surface area contributed by atoms with Gasteiger partial charge in [-0.25, -0.2) is 4.98 Å². The SMILES string of the molecule is Cc1ccc(OC(C)C(=O)Nc2cccc(Cn3ccnc3C(C)C)c2)cc1. The van der Waals surface area contributed by atoms with Gasteiger partial charge in [0.25, 0.3) is 5.91 Å². The Labute approximate surface area is 166 Å². The summed E-state index contributed by atoms with van der Waals surface area (Å²) in [5.41, 5.74) is 3.01. The molecule has 3 rings (SSSR count). The van der Waals surface area contributed by atoms with Crippen molar-refractivity contribution < 1.29 is 9.53 Å². The average molecular weight is 377 g/mol. The van der Waals surface area contributed by atoms with Gasteiger partial charge in [-0.2, -0.15) is 0 Å². The van der Waals surface area contributed by atoms with E-state index in [9.17, 15) is 4.79 Å². The average Bonchev–Trinajstić information content (AvgIpc) is 3.12. The minimum Gasteiger partial charge on any atom is -0.481 e. The molecule has 5 nitrogen and oxygen atoms in total. The highest BCUT2D eigenvalue weighted by molar-refractivity contribution is 5.94. The van der Waals surface area contributed by atoms with Crippen LogP contribution in [-0.2, 0) is 11.3 Å². The zero-order chi connectivity index (χ0) is 20.1. The molecule has 0 aliphatic carbocycles. The first-order valence-corrected chi connectivity index (χ1v) is 9.56. The molecule has 0 spiro atoms. The summed E-state index contributed by atoms with van der Waals surface area (Å²) in [6.45, 7) is 8.74. The van der Waals surface area contributed by atoms with E-state index in [0.29, 0.717) is 18.2 Å². The van der Waals surface area contributed by atoms with Crippen molar-refractivity contribution in [2.75, 3.05) is 5.32 Å². The Morgan fingerprint density at radius 3 is 2.61 bits per heavy atom. The summed E-state index contributed by atoms with van der Waals surface area (Å²) in [5, 5.41) is 2.94. The highest BCUT2D eigenvalue weighted by Crippen LogP contribution is 2.18. The molecule has 0 saturated heterocycles. The maximum absolute atomic E-state index is 12.5. The third kappa shape index (κ3) is 5.00. The third-order valence-corrected chi connectivity index (χ3v) is 4.51. The minimum absolute atomic E-state index is 0.178. The van der Waals surface area contributed by atoms with Gasteiger partial charge in [-0.1, -0.05) is 43.7 Å². The Kier molecular flexibility index (Phi) is 6.14. The van der Waals surface area contributed by atoms with Crippen LogP contribution in [0.4, 0.5) is 5.69 Å². The summed E-state index contributed by atoms with van der Waals surface area (Å²) in [4.78, 5) is 16.9. The van der Waals surface area contributed by atoms with E-state index < -0.39 is 6.10 Å². The maximum Gasteiger partial charge on any atom is 0.265 e. The van der Waals surface area contributed by atoms with E-state index in [-0.39, 0.29) is 5.91 Å². The Hall–Kier alpha value is -3.08. The number of nitrogens with one attached hydrogen (secondary N) is 1. The summed E-state index contributed by atoms with van der Waals surface area (Å²) < 4.78 is 7.87. The van der Waals surface area contributed by atoms with Crippen molar-refractivity contribution in [3.63, 3.8) is 0 Å². The van der Waals surface area contributed by atoms with E-state index in [1.54, 1.807) is 6.92 Å². The predicted octanol–water partition coefficient (Wildman–Crippen LogP) is 4.77. The van der Waals surface area contributed by atoms with Crippen LogP contribution in [0.15, 0.2) is 60.9 Å². The summed E-state index contributed by atoms with van der Waals surface area (Å²) in [6.07, 6.45) is 3.22. The number of carbonyl (C=O) groups is 1. The molecule has 1 unspecified atom stereocenters. The molecule has 1 amide bonds. The van der Waals surface area contributed by atoms with Crippen LogP contribution in [0.2, 0.25) is 0 Å². The van der Waals surface area contributed by atoms with Crippen LogP contribution in [0.25, 0.3) is 0 Å². The molecule has 0 bridgehead atoms. The number of hydrogen-bond donors (Lipinski definition) is 1. The van der Waals surface area contributed by atoms with E-state index in [1.165, 1.54) is 0 Å². The van der Waals surface area contributed by atoms with E-state index >= 15 is 0 Å². The quantitative estimate of drug-likeness (QED) is 0.645. The number of carbonyl (C=O) groups excluding carboxylic acids is 1. The predicted molar refractivity (Wildman–Crippen MR) is 112 cm³/mol. The number of rotatable bonds is 7. The topological polar surface area (TPSA) is 56.1 Å². The zero-order valence-corrected chi connectivity index (χ0v) is 16.8. The molecule has 3 aromatic rings. The van der Waals surface area contributed by atoms with Gasteiger partial charge in [0.05, 0.1) is 0 Å². The lowest BCUT2D eigenvalue weighted by atomic mass is 10.1. The van der Waals surface area contributed by atoms with E-state index in [1.807, 2.05) is 67.8 Å². The van der Waals surface area contributed by atoms with Crippen molar-refractivity contribution >= 4 is 11.6 Å². The third-order valence-electron chi connectivity index (χ3n) is 4.51. The monoisotopic (exact) mass is 377 g/mol. The first-order valence-electron chi connectivity index (χ1n) is 9.56. The standard InChI is InChI=1S/C23H27N3O2/c1-16(2)22-24-12-13-26(22)15-19-6-5-7-20(14-19)25-23(27)18(4)28-21-10-8-17(3)9-11-21/h5-14,16,18H,15H2,1-4H3,(H,25,27). The van der Waals surface area contributed by atoms with Crippen molar-refractivity contribution in [1.82, 2.24) is 9.55 Å². The minimum atomic E-state index is -0.590. The number of aryl methyl sites for hydroxylation is 1. The lowest BCUT2D eigenvalue weighted by Gasteiger charge is -2.16. The molecule has 1 aromatic heterocycles. The van der Waals surface area contributed by atoms with Gasteiger partial charge >= 0.3 is 0 Å². The molecule has 1 atom stereocenters. The Morgan fingerprint density at radius 2 is 1.89 bits per heavy atom. The van der Waals surface area contributed by atoms with Gasteiger partial charge in [0.2, 0.25) is 0 Å². The van der Waals surface area contributed by atoms with Gasteiger partial charge in [-0.15, -0.1) is 0 Å². The first-order chi connectivity index (χ1) is 13.4. The van der Waals surface area contributed by atoms with Gasteiger partial charge < -0.3 is 14.6 Å². The molecule has 0 saturated carbocycles. The molecule has 0 aliphatic rings. The van der Waals surface area contributed by atoms with Crippen LogP contribution in [0.1, 0.15) is 43.6 Å². The number of imidazole rings is 1. The Morgan fingerprint density at radius 1 is 1.14 bits per heavy atom. The fourth-order valence-corrected chi connectivity index (χ4v) is 3.02. The molecule has 28 heavy (non-hydrogen) atoms. The number of aromatic nitrogens is 2. The van der Waals surface area contributed by atoms with Crippen molar-refractivity contribution in [2.24, 2.45) is 0 Å². The van der Waals surface area contributed by atoms with Crippen LogP contribution in [-0.4, -0.2) is 21.6 Å². The summed E-state index contributed by atoms with van der Waals surface area (Å²) in [6, 6.07) is 15.5. The van der Waals surface area contributed by atoms with Crippen molar-refractivity contribution in [2.45, 2.75) is 46.3 Å². The lowest BCUT2D eigenvalue weighted by Crippen LogP contribution is -2.30. The zero-order valence-electron chi connectivity index (χ0n) is 16.8. The molecule has 1 N–H and O–H groups in total. The highest BCUT2D eigenvalue weighted by Gasteiger charge is 2.15.